The van der Waals surface area contributed by atoms with E-state index in [4.69, 9.17) is 10.5 Å². The highest BCUT2D eigenvalue weighted by molar-refractivity contribution is 9.10. The molecule has 0 bridgehead atoms. The maximum atomic E-state index is 6.12. The van der Waals surface area contributed by atoms with Gasteiger partial charge in [-0.25, -0.2) is 0 Å². The van der Waals surface area contributed by atoms with Gasteiger partial charge in [0, 0.05) is 10.0 Å². The van der Waals surface area contributed by atoms with Crippen LogP contribution in [-0.2, 0) is 6.42 Å². The minimum atomic E-state index is -0.213. The first-order chi connectivity index (χ1) is 7.74. The molecule has 0 spiro atoms. The topological polar surface area (TPSA) is 35.2 Å². The van der Waals surface area contributed by atoms with Gasteiger partial charge in [0.25, 0.3) is 0 Å². The Balaban J connectivity index is 3.30. The molecule has 0 heterocycles. The molecule has 1 aromatic rings. The summed E-state index contributed by atoms with van der Waals surface area (Å²) in [7, 11) is 1.71. The fourth-order valence-electron chi connectivity index (χ4n) is 2.11. The molecule has 2 N–H and O–H groups in total. The zero-order valence-electron chi connectivity index (χ0n) is 11.3. The fraction of sp³-hybridized carbons (Fsp3) is 0.571. The SMILES string of the molecule is COc1cc(Br)cc(CC(C)(C)N)c1C(C)C. The number of nitrogens with two attached hydrogens (primary N) is 1. The Morgan fingerprint density at radius 3 is 2.35 bits per heavy atom. The lowest BCUT2D eigenvalue weighted by Gasteiger charge is -2.24. The zero-order valence-corrected chi connectivity index (χ0v) is 12.9. The van der Waals surface area contributed by atoms with Crippen molar-refractivity contribution in [3.8, 4) is 5.75 Å². The van der Waals surface area contributed by atoms with E-state index in [-0.39, 0.29) is 5.54 Å². The molecule has 0 radical (unpaired) electrons. The van der Waals surface area contributed by atoms with Gasteiger partial charge >= 0.3 is 0 Å². The van der Waals surface area contributed by atoms with Crippen LogP contribution in [0.2, 0.25) is 0 Å². The monoisotopic (exact) mass is 299 g/mol. The van der Waals surface area contributed by atoms with Gasteiger partial charge in [-0.15, -0.1) is 0 Å². The summed E-state index contributed by atoms with van der Waals surface area (Å²) in [6.45, 7) is 8.45. The van der Waals surface area contributed by atoms with E-state index in [0.717, 1.165) is 16.6 Å². The van der Waals surface area contributed by atoms with Crippen LogP contribution in [0.3, 0.4) is 0 Å². The van der Waals surface area contributed by atoms with Gasteiger partial charge in [0.1, 0.15) is 5.75 Å². The number of hydrogen-bond donors (Lipinski definition) is 1. The van der Waals surface area contributed by atoms with Crippen LogP contribution in [0.4, 0.5) is 0 Å². The number of hydrogen-bond acceptors (Lipinski definition) is 2. The highest BCUT2D eigenvalue weighted by Gasteiger charge is 2.19. The summed E-state index contributed by atoms with van der Waals surface area (Å²) in [6, 6.07) is 4.16. The van der Waals surface area contributed by atoms with Crippen molar-refractivity contribution in [1.82, 2.24) is 0 Å². The highest BCUT2D eigenvalue weighted by atomic mass is 79.9. The summed E-state index contributed by atoms with van der Waals surface area (Å²) in [6.07, 6.45) is 0.844. The summed E-state index contributed by atoms with van der Waals surface area (Å²) >= 11 is 3.52. The first-order valence-corrected chi connectivity index (χ1v) is 6.69. The lowest BCUT2D eigenvalue weighted by molar-refractivity contribution is 0.405. The minimum absolute atomic E-state index is 0.213. The van der Waals surface area contributed by atoms with Crippen LogP contribution in [0.25, 0.3) is 0 Å². The zero-order chi connectivity index (χ0) is 13.2. The van der Waals surface area contributed by atoms with Crippen molar-refractivity contribution in [2.24, 2.45) is 5.73 Å². The second-order valence-electron chi connectivity index (χ2n) is 5.50. The molecule has 0 aliphatic rings. The largest absolute Gasteiger partial charge is 0.496 e. The van der Waals surface area contributed by atoms with Crippen molar-refractivity contribution in [2.45, 2.75) is 45.6 Å². The van der Waals surface area contributed by atoms with Crippen LogP contribution in [-0.4, -0.2) is 12.6 Å². The van der Waals surface area contributed by atoms with E-state index in [9.17, 15) is 0 Å². The van der Waals surface area contributed by atoms with Gasteiger partial charge in [-0.3, -0.25) is 0 Å². The van der Waals surface area contributed by atoms with Crippen LogP contribution in [0.1, 0.15) is 44.7 Å². The van der Waals surface area contributed by atoms with Crippen LogP contribution in [0.5, 0.6) is 5.75 Å². The van der Waals surface area contributed by atoms with Crippen molar-refractivity contribution in [3.05, 3.63) is 27.7 Å². The summed E-state index contributed by atoms with van der Waals surface area (Å²) in [5.41, 5.74) is 8.43. The lowest BCUT2D eigenvalue weighted by Crippen LogP contribution is -2.34. The number of rotatable bonds is 4. The molecule has 1 rings (SSSR count). The molecule has 96 valence electrons. The third-order valence-electron chi connectivity index (χ3n) is 2.64. The Bertz CT molecular complexity index is 394. The highest BCUT2D eigenvalue weighted by Crippen LogP contribution is 2.34. The summed E-state index contributed by atoms with van der Waals surface area (Å²) in [5.74, 6) is 1.36. The van der Waals surface area contributed by atoms with Crippen molar-refractivity contribution in [2.75, 3.05) is 7.11 Å². The summed E-state index contributed by atoms with van der Waals surface area (Å²) in [5, 5.41) is 0. The Morgan fingerprint density at radius 1 is 1.35 bits per heavy atom. The number of ether oxygens (including phenoxy) is 1. The van der Waals surface area contributed by atoms with E-state index in [2.05, 4.69) is 35.8 Å². The average molecular weight is 300 g/mol. The number of halogens is 1. The van der Waals surface area contributed by atoms with Gasteiger partial charge in [-0.2, -0.15) is 0 Å². The third kappa shape index (κ3) is 4.00. The van der Waals surface area contributed by atoms with Crippen LogP contribution < -0.4 is 10.5 Å². The molecule has 0 fully saturated rings. The quantitative estimate of drug-likeness (QED) is 0.916. The fourth-order valence-corrected chi connectivity index (χ4v) is 2.59. The predicted octanol–water partition coefficient (Wildman–Crippen LogP) is 3.86. The molecule has 3 heteroatoms. The molecule has 0 atom stereocenters. The molecule has 17 heavy (non-hydrogen) atoms. The third-order valence-corrected chi connectivity index (χ3v) is 3.09. The Morgan fingerprint density at radius 2 is 1.94 bits per heavy atom. The normalized spacial score (nSPS) is 12.0. The standard InChI is InChI=1S/C14H22BrNO/c1-9(2)13-10(8-14(3,4)16)6-11(15)7-12(13)17-5/h6-7,9H,8,16H2,1-5H3. The smallest absolute Gasteiger partial charge is 0.123 e. The molecule has 2 nitrogen and oxygen atoms in total. The lowest BCUT2D eigenvalue weighted by atomic mass is 9.88. The maximum absolute atomic E-state index is 6.12. The molecule has 0 aromatic heterocycles. The van der Waals surface area contributed by atoms with Crippen molar-refractivity contribution in [1.29, 1.82) is 0 Å². The van der Waals surface area contributed by atoms with Gasteiger partial charge in [0.2, 0.25) is 0 Å². The van der Waals surface area contributed by atoms with E-state index in [1.807, 2.05) is 19.9 Å². The first kappa shape index (κ1) is 14.5. The molecular weight excluding hydrogens is 278 g/mol. The van der Waals surface area contributed by atoms with Gasteiger partial charge in [-0.05, 0) is 49.4 Å². The van der Waals surface area contributed by atoms with Crippen molar-refractivity contribution >= 4 is 15.9 Å². The second kappa shape index (κ2) is 5.40. The molecular formula is C14H22BrNO. The molecule has 0 aliphatic heterocycles. The molecule has 0 amide bonds. The van der Waals surface area contributed by atoms with E-state index in [1.54, 1.807) is 7.11 Å². The average Bonchev–Trinajstić information content (AvgIpc) is 2.12. The molecule has 0 unspecified atom stereocenters. The molecule has 1 aromatic carbocycles. The summed E-state index contributed by atoms with van der Waals surface area (Å²) in [4.78, 5) is 0. The number of methoxy groups -OCH3 is 1. The summed E-state index contributed by atoms with van der Waals surface area (Å²) < 4.78 is 6.51. The van der Waals surface area contributed by atoms with Gasteiger partial charge in [0.15, 0.2) is 0 Å². The Labute approximate surface area is 113 Å². The second-order valence-corrected chi connectivity index (χ2v) is 6.42. The van der Waals surface area contributed by atoms with E-state index >= 15 is 0 Å². The first-order valence-electron chi connectivity index (χ1n) is 5.90. The van der Waals surface area contributed by atoms with Crippen LogP contribution >= 0.6 is 15.9 Å². The van der Waals surface area contributed by atoms with Gasteiger partial charge in [0.05, 0.1) is 7.11 Å². The van der Waals surface area contributed by atoms with E-state index in [0.29, 0.717) is 5.92 Å². The molecule has 0 saturated carbocycles. The van der Waals surface area contributed by atoms with Crippen LogP contribution in [0.15, 0.2) is 16.6 Å². The molecule has 0 aliphatic carbocycles. The minimum Gasteiger partial charge on any atom is -0.496 e. The predicted molar refractivity (Wildman–Crippen MR) is 76.8 cm³/mol. The van der Waals surface area contributed by atoms with Crippen LogP contribution in [0, 0.1) is 0 Å². The van der Waals surface area contributed by atoms with Crippen molar-refractivity contribution in [3.63, 3.8) is 0 Å². The Hall–Kier alpha value is -0.540. The van der Waals surface area contributed by atoms with Gasteiger partial charge < -0.3 is 10.5 Å². The maximum Gasteiger partial charge on any atom is 0.123 e. The number of benzene rings is 1. The van der Waals surface area contributed by atoms with E-state index < -0.39 is 0 Å². The molecule has 0 saturated heterocycles. The Kier molecular flexibility index (Phi) is 4.62. The van der Waals surface area contributed by atoms with Gasteiger partial charge in [-0.1, -0.05) is 29.8 Å². The van der Waals surface area contributed by atoms with Crippen molar-refractivity contribution < 1.29 is 4.74 Å². The van der Waals surface area contributed by atoms with E-state index in [1.165, 1.54) is 11.1 Å².